The molecule has 1 unspecified atom stereocenters. The number of rotatable bonds is 7. The summed E-state index contributed by atoms with van der Waals surface area (Å²) in [5.74, 6) is 0.101. The summed E-state index contributed by atoms with van der Waals surface area (Å²) in [6, 6.07) is 9.19. The van der Waals surface area contributed by atoms with Gasteiger partial charge in [-0.1, -0.05) is 31.8 Å². The monoisotopic (exact) mass is 512 g/mol. The number of amides is 2. The number of aromatic nitrogens is 2. The molecule has 1 atom stereocenters. The molecule has 1 aromatic carbocycles. The van der Waals surface area contributed by atoms with Crippen LogP contribution in [0.25, 0.3) is 11.1 Å². The van der Waals surface area contributed by atoms with Gasteiger partial charge in [-0.05, 0) is 57.4 Å². The van der Waals surface area contributed by atoms with E-state index in [4.69, 9.17) is 9.47 Å². The SMILES string of the molecule is CC(C)(C)OC(=O)N1CCC2(CCN(c3ccc(-c4cnn(COCC[Si](C)(C)C)c4)cc3)C2=O)C1. The van der Waals surface area contributed by atoms with Crippen LogP contribution in [0.1, 0.15) is 33.6 Å². The zero-order valence-corrected chi connectivity index (χ0v) is 23.5. The summed E-state index contributed by atoms with van der Waals surface area (Å²) in [4.78, 5) is 29.5. The van der Waals surface area contributed by atoms with Crippen LogP contribution in [0.4, 0.5) is 10.5 Å². The lowest BCUT2D eigenvalue weighted by Crippen LogP contribution is -2.40. The first-order valence-corrected chi connectivity index (χ1v) is 16.6. The van der Waals surface area contributed by atoms with E-state index in [1.165, 1.54) is 0 Å². The second kappa shape index (κ2) is 10.0. The molecule has 2 saturated heterocycles. The smallest absolute Gasteiger partial charge is 0.410 e. The quantitative estimate of drug-likeness (QED) is 0.375. The highest BCUT2D eigenvalue weighted by Gasteiger charge is 2.52. The van der Waals surface area contributed by atoms with Crippen molar-refractivity contribution < 1.29 is 19.1 Å². The van der Waals surface area contributed by atoms with Crippen molar-refractivity contribution in [3.05, 3.63) is 36.7 Å². The number of carbonyl (C=O) groups is 2. The normalized spacial score (nSPS) is 20.6. The van der Waals surface area contributed by atoms with Gasteiger partial charge in [-0.25, -0.2) is 9.48 Å². The van der Waals surface area contributed by atoms with Gasteiger partial charge in [0.25, 0.3) is 0 Å². The number of hydrogen-bond acceptors (Lipinski definition) is 5. The molecule has 3 heterocycles. The highest BCUT2D eigenvalue weighted by molar-refractivity contribution is 6.76. The summed E-state index contributed by atoms with van der Waals surface area (Å²) >= 11 is 0. The molecule has 2 fully saturated rings. The molecular formula is C27H40N4O4Si. The Morgan fingerprint density at radius 1 is 1.08 bits per heavy atom. The van der Waals surface area contributed by atoms with Gasteiger partial charge in [-0.3, -0.25) is 4.79 Å². The Labute approximate surface area is 215 Å². The van der Waals surface area contributed by atoms with Gasteiger partial charge >= 0.3 is 6.09 Å². The lowest BCUT2D eigenvalue weighted by atomic mass is 9.85. The van der Waals surface area contributed by atoms with Gasteiger partial charge in [-0.15, -0.1) is 0 Å². The zero-order chi connectivity index (χ0) is 26.1. The van der Waals surface area contributed by atoms with Gasteiger partial charge in [-0.2, -0.15) is 5.10 Å². The van der Waals surface area contributed by atoms with Crippen molar-refractivity contribution in [2.24, 2.45) is 5.41 Å². The van der Waals surface area contributed by atoms with Crippen molar-refractivity contribution in [2.45, 2.75) is 71.6 Å². The molecule has 0 radical (unpaired) electrons. The molecular weight excluding hydrogens is 472 g/mol. The van der Waals surface area contributed by atoms with Crippen LogP contribution in [0.5, 0.6) is 0 Å². The highest BCUT2D eigenvalue weighted by atomic mass is 28.3. The van der Waals surface area contributed by atoms with Gasteiger partial charge in [0.05, 0.1) is 11.6 Å². The Bertz CT molecular complexity index is 1090. The minimum Gasteiger partial charge on any atom is -0.444 e. The summed E-state index contributed by atoms with van der Waals surface area (Å²) in [5, 5.41) is 4.43. The third-order valence-corrected chi connectivity index (χ3v) is 8.59. The van der Waals surface area contributed by atoms with E-state index in [-0.39, 0.29) is 12.0 Å². The molecule has 1 spiro atoms. The van der Waals surface area contributed by atoms with Gasteiger partial charge < -0.3 is 19.3 Å². The Hall–Kier alpha value is -2.65. The van der Waals surface area contributed by atoms with E-state index in [1.54, 1.807) is 4.90 Å². The molecule has 9 heteroatoms. The van der Waals surface area contributed by atoms with E-state index in [2.05, 4.69) is 24.7 Å². The largest absolute Gasteiger partial charge is 0.444 e. The fourth-order valence-corrected chi connectivity index (χ4v) is 5.51. The molecule has 2 aromatic rings. The van der Waals surface area contributed by atoms with Crippen molar-refractivity contribution in [2.75, 3.05) is 31.1 Å². The summed E-state index contributed by atoms with van der Waals surface area (Å²) < 4.78 is 13.1. The van der Waals surface area contributed by atoms with Crippen molar-refractivity contribution in [1.82, 2.24) is 14.7 Å². The molecule has 196 valence electrons. The number of likely N-dealkylation sites (tertiary alicyclic amines) is 1. The van der Waals surface area contributed by atoms with Gasteiger partial charge in [0.1, 0.15) is 12.3 Å². The number of ether oxygens (including phenoxy) is 2. The topological polar surface area (TPSA) is 76.9 Å². The Morgan fingerprint density at radius 2 is 1.78 bits per heavy atom. The van der Waals surface area contributed by atoms with Crippen molar-refractivity contribution in [3.8, 4) is 11.1 Å². The minimum absolute atomic E-state index is 0.101. The predicted molar refractivity (Wildman–Crippen MR) is 144 cm³/mol. The molecule has 4 rings (SSSR count). The van der Waals surface area contributed by atoms with Crippen LogP contribution in [-0.2, 0) is 21.0 Å². The number of carbonyl (C=O) groups excluding carboxylic acids is 2. The summed E-state index contributed by atoms with van der Waals surface area (Å²) in [6.45, 7) is 15.5. The lowest BCUT2D eigenvalue weighted by molar-refractivity contribution is -0.124. The minimum atomic E-state index is -1.10. The van der Waals surface area contributed by atoms with E-state index in [9.17, 15) is 9.59 Å². The molecule has 2 amide bonds. The van der Waals surface area contributed by atoms with Crippen molar-refractivity contribution >= 4 is 25.8 Å². The highest BCUT2D eigenvalue weighted by Crippen LogP contribution is 2.43. The van der Waals surface area contributed by atoms with Crippen LogP contribution in [0.2, 0.25) is 25.7 Å². The van der Waals surface area contributed by atoms with E-state index in [0.717, 1.165) is 35.9 Å². The van der Waals surface area contributed by atoms with E-state index < -0.39 is 19.1 Å². The molecule has 0 aliphatic carbocycles. The molecule has 0 saturated carbocycles. The molecule has 0 N–H and O–H groups in total. The van der Waals surface area contributed by atoms with Crippen LogP contribution >= 0.6 is 0 Å². The maximum atomic E-state index is 13.5. The van der Waals surface area contributed by atoms with Crippen molar-refractivity contribution in [3.63, 3.8) is 0 Å². The van der Waals surface area contributed by atoms with E-state index >= 15 is 0 Å². The first kappa shape index (κ1) is 26.4. The fraction of sp³-hybridized carbons (Fsp3) is 0.593. The lowest BCUT2D eigenvalue weighted by Gasteiger charge is -2.26. The number of nitrogens with zero attached hydrogens (tertiary/aromatic N) is 4. The van der Waals surface area contributed by atoms with Crippen LogP contribution < -0.4 is 4.90 Å². The third kappa shape index (κ3) is 6.18. The van der Waals surface area contributed by atoms with E-state index in [1.807, 2.05) is 67.0 Å². The van der Waals surface area contributed by atoms with Gasteiger partial charge in [0.15, 0.2) is 0 Å². The second-order valence-electron chi connectivity index (χ2n) is 12.3. The Kier molecular flexibility index (Phi) is 7.34. The summed E-state index contributed by atoms with van der Waals surface area (Å²) in [6.07, 6.45) is 4.92. The standard InChI is InChI=1S/C27H40N4O4Si/c1-26(2,3)35-25(33)29-13-11-27(19-29)12-14-31(24(27)32)23-9-7-21(8-10-23)22-17-28-30(18-22)20-34-15-16-36(4,5)6/h7-10,17-18H,11-16,19-20H2,1-6H3. The number of benzene rings is 1. The van der Waals surface area contributed by atoms with Gasteiger partial charge in [0.2, 0.25) is 5.91 Å². The van der Waals surface area contributed by atoms with Crippen LogP contribution in [0.15, 0.2) is 36.7 Å². The Morgan fingerprint density at radius 3 is 2.44 bits per heavy atom. The zero-order valence-electron chi connectivity index (χ0n) is 22.5. The van der Waals surface area contributed by atoms with Crippen LogP contribution in [-0.4, -0.2) is 66.6 Å². The molecule has 8 nitrogen and oxygen atoms in total. The number of anilines is 1. The third-order valence-electron chi connectivity index (χ3n) is 6.88. The molecule has 1 aromatic heterocycles. The predicted octanol–water partition coefficient (Wildman–Crippen LogP) is 5.23. The second-order valence-corrected chi connectivity index (χ2v) is 17.9. The average Bonchev–Trinajstić information content (AvgIpc) is 3.51. The average molecular weight is 513 g/mol. The summed E-state index contributed by atoms with van der Waals surface area (Å²) in [7, 11) is -1.10. The summed E-state index contributed by atoms with van der Waals surface area (Å²) in [5.41, 5.74) is 1.90. The maximum absolute atomic E-state index is 13.5. The molecule has 36 heavy (non-hydrogen) atoms. The van der Waals surface area contributed by atoms with Crippen molar-refractivity contribution in [1.29, 1.82) is 0 Å². The maximum Gasteiger partial charge on any atom is 0.410 e. The van der Waals surface area contributed by atoms with Crippen LogP contribution in [0.3, 0.4) is 0 Å². The Balaban J connectivity index is 1.35. The first-order chi connectivity index (χ1) is 16.9. The van der Waals surface area contributed by atoms with Gasteiger partial charge in [0, 0.05) is 51.8 Å². The van der Waals surface area contributed by atoms with Crippen LogP contribution in [0, 0.1) is 5.41 Å². The number of hydrogen-bond donors (Lipinski definition) is 0. The molecule has 2 aliphatic rings. The van der Waals surface area contributed by atoms with E-state index in [0.29, 0.717) is 32.8 Å². The molecule has 2 aliphatic heterocycles. The first-order valence-electron chi connectivity index (χ1n) is 12.9. The molecule has 0 bridgehead atoms. The fourth-order valence-electron chi connectivity index (χ4n) is 4.75.